The molecule has 7 nitrogen and oxygen atoms in total. The molecule has 0 aliphatic heterocycles. The normalized spacial score (nSPS) is 11.5. The van der Waals surface area contributed by atoms with E-state index in [0.29, 0.717) is 36.9 Å². The molecule has 0 saturated heterocycles. The molecule has 4 rings (SSSR count). The van der Waals surface area contributed by atoms with Gasteiger partial charge in [0.15, 0.2) is 5.82 Å². The summed E-state index contributed by atoms with van der Waals surface area (Å²) in [6, 6.07) is 15.9. The van der Waals surface area contributed by atoms with Gasteiger partial charge in [0.1, 0.15) is 0 Å². The van der Waals surface area contributed by atoms with Gasteiger partial charge in [0.25, 0.3) is 0 Å². The van der Waals surface area contributed by atoms with E-state index in [9.17, 15) is 4.79 Å². The van der Waals surface area contributed by atoms with Crippen LogP contribution in [0.1, 0.15) is 57.7 Å². The Morgan fingerprint density at radius 2 is 1.74 bits per heavy atom. The summed E-state index contributed by atoms with van der Waals surface area (Å²) in [5.74, 6) is 0.657. The molecule has 0 aliphatic carbocycles. The van der Waals surface area contributed by atoms with Crippen molar-refractivity contribution < 1.29 is 4.39 Å². The fourth-order valence-corrected chi connectivity index (χ4v) is 4.34. The van der Waals surface area contributed by atoms with Crippen LogP contribution in [0.3, 0.4) is 0 Å². The molecule has 2 aromatic heterocycles. The molecule has 0 saturated carbocycles. The molecule has 0 aliphatic rings. The minimum atomic E-state index is -0.377. The highest BCUT2D eigenvalue weighted by atomic mass is 19.1. The number of hydrogen-bond donors (Lipinski definition) is 1. The number of nitrogens with zero attached hydrogens (tertiary/aromatic N) is 5. The molecule has 0 bridgehead atoms. The quantitative estimate of drug-likeness (QED) is 0.291. The highest BCUT2D eigenvalue weighted by molar-refractivity contribution is 5.80. The summed E-state index contributed by atoms with van der Waals surface area (Å²) in [6.45, 7) is 7.10. The van der Waals surface area contributed by atoms with Crippen LogP contribution in [-0.4, -0.2) is 29.8 Å². The Morgan fingerprint density at radius 1 is 1.00 bits per heavy atom. The average molecular weight is 477 g/mol. The second-order valence-corrected chi connectivity index (χ2v) is 9.39. The zero-order valence-corrected chi connectivity index (χ0v) is 20.7. The van der Waals surface area contributed by atoms with Crippen LogP contribution in [0, 0.1) is 11.9 Å². The Kier molecular flexibility index (Phi) is 7.90. The third kappa shape index (κ3) is 5.58. The lowest BCUT2D eigenvalue weighted by atomic mass is 9.98. The lowest BCUT2D eigenvalue weighted by molar-refractivity contribution is 0.457. The zero-order valence-electron chi connectivity index (χ0n) is 20.7. The molecule has 184 valence electrons. The molecule has 0 spiro atoms. The number of imidazole rings is 1. The lowest BCUT2D eigenvalue weighted by Crippen LogP contribution is -2.26. The number of aromatic nitrogens is 6. The summed E-state index contributed by atoms with van der Waals surface area (Å²) in [5.41, 5.74) is 4.11. The van der Waals surface area contributed by atoms with Crippen molar-refractivity contribution in [3.63, 3.8) is 0 Å². The van der Waals surface area contributed by atoms with Crippen molar-refractivity contribution in [2.45, 2.75) is 66.0 Å². The largest absolute Gasteiger partial charge is 0.330 e. The number of benzene rings is 2. The fourth-order valence-electron chi connectivity index (χ4n) is 4.34. The second kappa shape index (κ2) is 11.3. The zero-order chi connectivity index (χ0) is 24.8. The number of halogens is 1. The smallest absolute Gasteiger partial charge is 0.289 e. The van der Waals surface area contributed by atoms with Crippen molar-refractivity contribution in [3.05, 3.63) is 76.2 Å². The average Bonchev–Trinajstić information content (AvgIpc) is 3.47. The first-order valence-electron chi connectivity index (χ1n) is 12.4. The van der Waals surface area contributed by atoms with Gasteiger partial charge in [0.2, 0.25) is 5.95 Å². The van der Waals surface area contributed by atoms with Crippen LogP contribution >= 0.6 is 0 Å². The molecular weight excluding hydrogens is 443 g/mol. The Labute approximate surface area is 205 Å². The van der Waals surface area contributed by atoms with Gasteiger partial charge in [-0.2, -0.15) is 4.39 Å². The van der Waals surface area contributed by atoms with Gasteiger partial charge in [-0.25, -0.2) is 9.89 Å². The predicted octanol–water partition coefficient (Wildman–Crippen LogP) is 5.46. The molecule has 2 heterocycles. The van der Waals surface area contributed by atoms with Crippen molar-refractivity contribution >= 4 is 0 Å². The first-order valence-corrected chi connectivity index (χ1v) is 12.4. The molecule has 1 N–H and O–H groups in total. The summed E-state index contributed by atoms with van der Waals surface area (Å²) < 4.78 is 18.3. The van der Waals surface area contributed by atoms with E-state index < -0.39 is 0 Å². The second-order valence-electron chi connectivity index (χ2n) is 9.39. The van der Waals surface area contributed by atoms with Gasteiger partial charge in [0, 0.05) is 12.1 Å². The van der Waals surface area contributed by atoms with Gasteiger partial charge in [-0.05, 0) is 52.3 Å². The molecule has 0 amide bonds. The standard InChI is InChI=1S/C27H33FN6O/c1-4-5-8-17-33-25(28)24(16-11-19(2)3)34(27(33)35)18-20-12-14-21(15-13-20)22-9-6-7-10-23(22)26-29-31-32-30-26/h6-7,9-10,12-15,19H,4-5,8,11,16-18H2,1-3H3,(H,29,30,31,32). The van der Waals surface area contributed by atoms with Gasteiger partial charge in [0.05, 0.1) is 12.2 Å². The van der Waals surface area contributed by atoms with E-state index in [0.717, 1.165) is 47.9 Å². The molecule has 8 heteroatoms. The van der Waals surface area contributed by atoms with E-state index in [1.165, 1.54) is 4.57 Å². The number of nitrogens with one attached hydrogen (secondary N) is 1. The SMILES string of the molecule is CCCCCn1c(F)c(CCC(C)C)n(Cc2ccc(-c3ccccc3-c3nnn[nH]3)cc2)c1=O. The number of unbranched alkanes of at least 4 members (excludes halogenated alkanes) is 2. The van der Waals surface area contributed by atoms with Crippen LogP contribution < -0.4 is 5.69 Å². The molecule has 4 aromatic rings. The molecule has 0 fully saturated rings. The monoisotopic (exact) mass is 476 g/mol. The van der Waals surface area contributed by atoms with Crippen LogP contribution in [0.15, 0.2) is 53.3 Å². The van der Waals surface area contributed by atoms with Gasteiger partial charge in [-0.1, -0.05) is 82.1 Å². The number of hydrogen-bond acceptors (Lipinski definition) is 4. The maximum Gasteiger partial charge on any atom is 0.330 e. The van der Waals surface area contributed by atoms with Gasteiger partial charge in [-0.15, -0.1) is 5.10 Å². The van der Waals surface area contributed by atoms with E-state index in [4.69, 9.17) is 0 Å². The number of tetrazole rings is 1. The predicted molar refractivity (Wildman–Crippen MR) is 135 cm³/mol. The maximum absolute atomic E-state index is 15.3. The van der Waals surface area contributed by atoms with Crippen molar-refractivity contribution in [3.8, 4) is 22.5 Å². The van der Waals surface area contributed by atoms with Crippen molar-refractivity contribution in [2.24, 2.45) is 5.92 Å². The van der Waals surface area contributed by atoms with Gasteiger partial charge >= 0.3 is 5.69 Å². The van der Waals surface area contributed by atoms with Crippen molar-refractivity contribution in [1.29, 1.82) is 0 Å². The van der Waals surface area contributed by atoms with E-state index in [1.54, 1.807) is 4.57 Å². The summed E-state index contributed by atoms with van der Waals surface area (Å²) in [7, 11) is 0. The topological polar surface area (TPSA) is 81.4 Å². The number of H-pyrrole nitrogens is 1. The Bertz CT molecular complexity index is 1290. The van der Waals surface area contributed by atoms with Crippen molar-refractivity contribution in [1.82, 2.24) is 29.8 Å². The summed E-state index contributed by atoms with van der Waals surface area (Å²) in [5, 5.41) is 14.2. The van der Waals surface area contributed by atoms with E-state index in [1.807, 2.05) is 48.5 Å². The summed E-state index contributed by atoms with van der Waals surface area (Å²) in [6.07, 6.45) is 4.19. The van der Waals surface area contributed by atoms with E-state index >= 15 is 4.39 Å². The van der Waals surface area contributed by atoms with Crippen molar-refractivity contribution in [2.75, 3.05) is 0 Å². The Hall–Kier alpha value is -3.55. The van der Waals surface area contributed by atoms with Gasteiger partial charge in [-0.3, -0.25) is 9.13 Å². The number of aromatic amines is 1. The highest BCUT2D eigenvalue weighted by Crippen LogP contribution is 2.30. The maximum atomic E-state index is 15.3. The summed E-state index contributed by atoms with van der Waals surface area (Å²) >= 11 is 0. The van der Waals surface area contributed by atoms with Crippen LogP contribution in [0.4, 0.5) is 4.39 Å². The fraction of sp³-hybridized carbons (Fsp3) is 0.407. The number of rotatable bonds is 11. The molecular formula is C27H33FN6O. The summed E-state index contributed by atoms with van der Waals surface area (Å²) in [4.78, 5) is 13.2. The first kappa shape index (κ1) is 24.6. The van der Waals surface area contributed by atoms with Crippen LogP contribution in [-0.2, 0) is 19.5 Å². The third-order valence-electron chi connectivity index (χ3n) is 6.34. The minimum absolute atomic E-state index is 0.260. The third-order valence-corrected chi connectivity index (χ3v) is 6.34. The Balaban J connectivity index is 1.62. The van der Waals surface area contributed by atoms with Crippen LogP contribution in [0.5, 0.6) is 0 Å². The van der Waals surface area contributed by atoms with Crippen LogP contribution in [0.25, 0.3) is 22.5 Å². The van der Waals surface area contributed by atoms with E-state index in [-0.39, 0.29) is 11.6 Å². The molecule has 2 aromatic carbocycles. The highest BCUT2D eigenvalue weighted by Gasteiger charge is 2.20. The molecule has 0 unspecified atom stereocenters. The molecule has 0 atom stereocenters. The Morgan fingerprint density at radius 3 is 2.40 bits per heavy atom. The van der Waals surface area contributed by atoms with E-state index in [2.05, 4.69) is 41.4 Å². The first-order chi connectivity index (χ1) is 17.0. The minimum Gasteiger partial charge on any atom is -0.289 e. The molecule has 35 heavy (non-hydrogen) atoms. The van der Waals surface area contributed by atoms with Crippen LogP contribution in [0.2, 0.25) is 0 Å². The lowest BCUT2D eigenvalue weighted by Gasteiger charge is -2.11. The molecule has 0 radical (unpaired) electrons. The van der Waals surface area contributed by atoms with Gasteiger partial charge < -0.3 is 0 Å².